The zero-order valence-electron chi connectivity index (χ0n) is 14.2. The Kier molecular flexibility index (Phi) is 4.92. The van der Waals surface area contributed by atoms with Crippen molar-refractivity contribution in [3.8, 4) is 0 Å². The molecule has 24 heavy (non-hydrogen) atoms. The van der Waals surface area contributed by atoms with Gasteiger partial charge in [-0.15, -0.1) is 0 Å². The lowest BCUT2D eigenvalue weighted by Gasteiger charge is -2.29. The summed E-state index contributed by atoms with van der Waals surface area (Å²) in [6.07, 6.45) is 1.78. The molecule has 7 nitrogen and oxygen atoms in total. The monoisotopic (exact) mass is 329 g/mol. The second-order valence-corrected chi connectivity index (χ2v) is 6.32. The van der Waals surface area contributed by atoms with Gasteiger partial charge in [0.15, 0.2) is 0 Å². The Morgan fingerprint density at radius 2 is 2.08 bits per heavy atom. The molecule has 1 fully saturated rings. The Bertz CT molecular complexity index is 795. The summed E-state index contributed by atoms with van der Waals surface area (Å²) >= 11 is 0. The van der Waals surface area contributed by atoms with Gasteiger partial charge < -0.3 is 10.2 Å². The maximum Gasteiger partial charge on any atom is 0.258 e. The van der Waals surface area contributed by atoms with Gasteiger partial charge in [-0.1, -0.05) is 6.07 Å². The van der Waals surface area contributed by atoms with E-state index in [0.29, 0.717) is 24.4 Å². The van der Waals surface area contributed by atoms with Crippen LogP contribution in [0.15, 0.2) is 29.2 Å². The number of nitrogens with one attached hydrogen (secondary N) is 1. The van der Waals surface area contributed by atoms with Crippen LogP contribution in [0.5, 0.6) is 0 Å². The van der Waals surface area contributed by atoms with Crippen LogP contribution in [0.3, 0.4) is 0 Å². The molecular formula is C17H23N5O2. The minimum atomic E-state index is -0.0967. The van der Waals surface area contributed by atoms with Crippen LogP contribution in [0.2, 0.25) is 0 Å². The number of amides is 1. The van der Waals surface area contributed by atoms with Crippen molar-refractivity contribution in [2.45, 2.75) is 13.5 Å². The van der Waals surface area contributed by atoms with Gasteiger partial charge >= 0.3 is 0 Å². The van der Waals surface area contributed by atoms with Gasteiger partial charge in [-0.25, -0.2) is 4.98 Å². The van der Waals surface area contributed by atoms with E-state index in [2.05, 4.69) is 10.3 Å². The highest BCUT2D eigenvalue weighted by atomic mass is 16.2. The lowest BCUT2D eigenvalue weighted by Crippen LogP contribution is -2.49. The molecule has 0 unspecified atom stereocenters. The zero-order valence-corrected chi connectivity index (χ0v) is 14.2. The number of likely N-dealkylation sites (N-methyl/N-ethyl adjacent to an activating group) is 1. The largest absolute Gasteiger partial charge is 0.339 e. The van der Waals surface area contributed by atoms with Gasteiger partial charge in [0.1, 0.15) is 5.65 Å². The predicted octanol–water partition coefficient (Wildman–Crippen LogP) is -0.133. The molecule has 0 saturated carbocycles. The fourth-order valence-electron chi connectivity index (χ4n) is 2.92. The molecule has 1 aliphatic rings. The Morgan fingerprint density at radius 1 is 1.33 bits per heavy atom. The van der Waals surface area contributed by atoms with E-state index in [1.807, 2.05) is 35.9 Å². The summed E-state index contributed by atoms with van der Waals surface area (Å²) in [5.41, 5.74) is 2.22. The number of aryl methyl sites for hydroxylation is 1. The molecule has 0 radical (unpaired) electrons. The van der Waals surface area contributed by atoms with Crippen molar-refractivity contribution in [2.24, 2.45) is 0 Å². The van der Waals surface area contributed by atoms with Gasteiger partial charge in [0.05, 0.1) is 12.2 Å². The fourth-order valence-corrected chi connectivity index (χ4v) is 2.92. The van der Waals surface area contributed by atoms with Gasteiger partial charge in [0, 0.05) is 45.0 Å². The quantitative estimate of drug-likeness (QED) is 0.846. The SMILES string of the molecule is Cc1ccc2nc(CN(C)CC(=O)N3CCNCC3)cc(=O)n2c1. The van der Waals surface area contributed by atoms with Crippen molar-refractivity contribution in [1.82, 2.24) is 24.5 Å². The number of nitrogens with zero attached hydrogens (tertiary/aromatic N) is 4. The van der Waals surface area contributed by atoms with Crippen molar-refractivity contribution < 1.29 is 4.79 Å². The Labute approximate surface area is 140 Å². The average molecular weight is 329 g/mol. The minimum Gasteiger partial charge on any atom is -0.339 e. The first-order valence-corrected chi connectivity index (χ1v) is 8.19. The third kappa shape index (κ3) is 3.80. The zero-order chi connectivity index (χ0) is 17.1. The summed E-state index contributed by atoms with van der Waals surface area (Å²) < 4.78 is 1.55. The van der Waals surface area contributed by atoms with Crippen molar-refractivity contribution in [3.05, 3.63) is 46.0 Å². The molecule has 0 aromatic carbocycles. The van der Waals surface area contributed by atoms with E-state index in [-0.39, 0.29) is 11.5 Å². The van der Waals surface area contributed by atoms with E-state index in [1.165, 1.54) is 6.07 Å². The maximum atomic E-state index is 12.3. The fraction of sp³-hybridized carbons (Fsp3) is 0.471. The number of aromatic nitrogens is 2. The average Bonchev–Trinajstić information content (AvgIpc) is 2.56. The van der Waals surface area contributed by atoms with Crippen molar-refractivity contribution in [2.75, 3.05) is 39.8 Å². The van der Waals surface area contributed by atoms with Crippen LogP contribution in [0.1, 0.15) is 11.3 Å². The van der Waals surface area contributed by atoms with E-state index in [4.69, 9.17) is 0 Å². The summed E-state index contributed by atoms with van der Waals surface area (Å²) in [5, 5.41) is 3.24. The van der Waals surface area contributed by atoms with Crippen molar-refractivity contribution in [1.29, 1.82) is 0 Å². The Balaban J connectivity index is 1.68. The number of rotatable bonds is 4. The van der Waals surface area contributed by atoms with Crippen LogP contribution in [0.25, 0.3) is 5.65 Å². The molecule has 0 bridgehead atoms. The molecule has 3 heterocycles. The number of piperazine rings is 1. The van der Waals surface area contributed by atoms with E-state index >= 15 is 0 Å². The first-order valence-electron chi connectivity index (χ1n) is 8.19. The topological polar surface area (TPSA) is 70.0 Å². The second-order valence-electron chi connectivity index (χ2n) is 6.32. The molecule has 1 aliphatic heterocycles. The van der Waals surface area contributed by atoms with E-state index in [9.17, 15) is 9.59 Å². The van der Waals surface area contributed by atoms with Crippen molar-refractivity contribution >= 4 is 11.6 Å². The summed E-state index contributed by atoms with van der Waals surface area (Å²) in [5.74, 6) is 0.118. The molecule has 0 aliphatic carbocycles. The van der Waals surface area contributed by atoms with E-state index in [0.717, 1.165) is 31.7 Å². The highest BCUT2D eigenvalue weighted by Gasteiger charge is 2.18. The smallest absolute Gasteiger partial charge is 0.258 e. The van der Waals surface area contributed by atoms with E-state index in [1.54, 1.807) is 10.6 Å². The van der Waals surface area contributed by atoms with Crippen LogP contribution in [-0.4, -0.2) is 64.9 Å². The second kappa shape index (κ2) is 7.11. The Hall–Kier alpha value is -2.25. The third-order valence-electron chi connectivity index (χ3n) is 4.17. The molecule has 3 rings (SSSR count). The van der Waals surface area contributed by atoms with Gasteiger partial charge in [0.25, 0.3) is 5.56 Å². The van der Waals surface area contributed by atoms with Gasteiger partial charge in [-0.2, -0.15) is 0 Å². The summed E-state index contributed by atoms with van der Waals surface area (Å²) in [6, 6.07) is 5.31. The molecule has 1 amide bonds. The van der Waals surface area contributed by atoms with E-state index < -0.39 is 0 Å². The van der Waals surface area contributed by atoms with Crippen LogP contribution in [0, 0.1) is 6.92 Å². The van der Waals surface area contributed by atoms with Gasteiger partial charge in [-0.3, -0.25) is 18.9 Å². The van der Waals surface area contributed by atoms with Crippen LogP contribution in [-0.2, 0) is 11.3 Å². The first-order chi connectivity index (χ1) is 11.5. The molecule has 1 N–H and O–H groups in total. The van der Waals surface area contributed by atoms with Crippen molar-refractivity contribution in [3.63, 3.8) is 0 Å². The molecular weight excluding hydrogens is 306 g/mol. The molecule has 1 saturated heterocycles. The van der Waals surface area contributed by atoms with Crippen LogP contribution >= 0.6 is 0 Å². The normalized spacial score (nSPS) is 15.2. The lowest BCUT2D eigenvalue weighted by molar-refractivity contribution is -0.132. The highest BCUT2D eigenvalue weighted by Crippen LogP contribution is 2.05. The number of pyridine rings is 1. The molecule has 0 spiro atoms. The van der Waals surface area contributed by atoms with Crippen LogP contribution < -0.4 is 10.9 Å². The van der Waals surface area contributed by atoms with Gasteiger partial charge in [0.2, 0.25) is 5.91 Å². The first kappa shape index (κ1) is 16.6. The van der Waals surface area contributed by atoms with Gasteiger partial charge in [-0.05, 0) is 25.6 Å². The number of fused-ring (bicyclic) bond motifs is 1. The number of carbonyl (C=O) groups is 1. The maximum absolute atomic E-state index is 12.3. The number of hydrogen-bond donors (Lipinski definition) is 1. The molecule has 128 valence electrons. The number of hydrogen-bond acceptors (Lipinski definition) is 5. The predicted molar refractivity (Wildman–Crippen MR) is 92.0 cm³/mol. The summed E-state index contributed by atoms with van der Waals surface area (Å²) in [4.78, 5) is 32.8. The standard InChI is InChI=1S/C17H23N5O2/c1-13-3-4-15-19-14(9-16(23)22(15)10-13)11-20(2)12-17(24)21-7-5-18-6-8-21/h3-4,9-10,18H,5-8,11-12H2,1-2H3. The molecule has 2 aromatic heterocycles. The summed E-state index contributed by atoms with van der Waals surface area (Å²) in [6.45, 7) is 5.93. The third-order valence-corrected chi connectivity index (χ3v) is 4.17. The highest BCUT2D eigenvalue weighted by molar-refractivity contribution is 5.78. The van der Waals surface area contributed by atoms with Crippen LogP contribution in [0.4, 0.5) is 0 Å². The summed E-state index contributed by atoms with van der Waals surface area (Å²) in [7, 11) is 1.87. The number of carbonyl (C=O) groups excluding carboxylic acids is 1. The minimum absolute atomic E-state index is 0.0967. The Morgan fingerprint density at radius 3 is 2.83 bits per heavy atom. The molecule has 2 aromatic rings. The molecule has 7 heteroatoms. The lowest BCUT2D eigenvalue weighted by atomic mass is 10.3. The molecule has 0 atom stereocenters.